The molecule has 0 aliphatic carbocycles. The molecule has 0 saturated carbocycles. The van der Waals surface area contributed by atoms with Gasteiger partial charge in [0, 0.05) is 23.7 Å². The van der Waals surface area contributed by atoms with Crippen LogP contribution in [-0.4, -0.2) is 29.5 Å². The minimum Gasteiger partial charge on any atom is -0.346 e. The number of nitro groups is 1. The summed E-state index contributed by atoms with van der Waals surface area (Å²) in [5, 5.41) is 16.9. The number of carbonyl (C=O) groups excluding carboxylic acids is 1. The zero-order valence-corrected chi connectivity index (χ0v) is 11.0. The van der Waals surface area contributed by atoms with Gasteiger partial charge in [0.15, 0.2) is 0 Å². The number of nitrogens with zero attached hydrogens (tertiary/aromatic N) is 1. The van der Waals surface area contributed by atoms with Crippen LogP contribution in [0.1, 0.15) is 29.3 Å². The topological polar surface area (TPSA) is 84.3 Å². The van der Waals surface area contributed by atoms with E-state index in [2.05, 4.69) is 10.6 Å². The van der Waals surface area contributed by atoms with Crippen molar-refractivity contribution in [2.75, 3.05) is 13.1 Å². The van der Waals surface area contributed by atoms with Crippen LogP contribution in [0.2, 0.25) is 0 Å². The minimum atomic E-state index is -0.445. The maximum atomic E-state index is 12.1. The fourth-order valence-corrected chi connectivity index (χ4v) is 2.27. The Morgan fingerprint density at radius 1 is 1.53 bits per heavy atom. The van der Waals surface area contributed by atoms with Gasteiger partial charge in [-0.2, -0.15) is 0 Å². The molecule has 6 heteroatoms. The molecule has 1 fully saturated rings. The first kappa shape index (κ1) is 13.5. The zero-order valence-electron chi connectivity index (χ0n) is 11.0. The lowest BCUT2D eigenvalue weighted by molar-refractivity contribution is -0.385. The van der Waals surface area contributed by atoms with Crippen LogP contribution in [0.15, 0.2) is 18.2 Å². The van der Waals surface area contributed by atoms with Gasteiger partial charge < -0.3 is 10.6 Å². The second-order valence-corrected chi connectivity index (χ2v) is 5.20. The summed E-state index contributed by atoms with van der Waals surface area (Å²) in [6.45, 7) is 5.25. The Bertz CT molecular complexity index is 522. The van der Waals surface area contributed by atoms with Crippen LogP contribution < -0.4 is 10.6 Å². The summed E-state index contributed by atoms with van der Waals surface area (Å²) in [6, 6.07) is 4.42. The van der Waals surface area contributed by atoms with Crippen molar-refractivity contribution in [3.63, 3.8) is 0 Å². The van der Waals surface area contributed by atoms with Gasteiger partial charge in [-0.15, -0.1) is 0 Å². The van der Waals surface area contributed by atoms with E-state index in [4.69, 9.17) is 0 Å². The van der Waals surface area contributed by atoms with E-state index >= 15 is 0 Å². The molecule has 1 aliphatic rings. The van der Waals surface area contributed by atoms with Gasteiger partial charge in [0.1, 0.15) is 0 Å². The van der Waals surface area contributed by atoms with Gasteiger partial charge in [-0.1, -0.05) is 0 Å². The molecule has 2 rings (SSSR count). The summed E-state index contributed by atoms with van der Waals surface area (Å²) >= 11 is 0. The average molecular weight is 263 g/mol. The molecule has 1 unspecified atom stereocenters. The molecular formula is C13H17N3O3. The number of hydrogen-bond donors (Lipinski definition) is 2. The third-order valence-corrected chi connectivity index (χ3v) is 3.44. The molecule has 0 spiro atoms. The van der Waals surface area contributed by atoms with Gasteiger partial charge in [0.2, 0.25) is 0 Å². The van der Waals surface area contributed by atoms with Crippen molar-refractivity contribution in [2.24, 2.45) is 0 Å². The van der Waals surface area contributed by atoms with E-state index in [1.165, 1.54) is 12.1 Å². The van der Waals surface area contributed by atoms with Crippen LogP contribution in [0.3, 0.4) is 0 Å². The third-order valence-electron chi connectivity index (χ3n) is 3.44. The van der Waals surface area contributed by atoms with E-state index in [0.29, 0.717) is 11.1 Å². The molecule has 0 aromatic heterocycles. The van der Waals surface area contributed by atoms with Gasteiger partial charge in [-0.05, 0) is 38.9 Å². The number of rotatable bonds is 3. The number of benzene rings is 1. The summed E-state index contributed by atoms with van der Waals surface area (Å²) < 4.78 is 0. The molecule has 1 amide bonds. The smallest absolute Gasteiger partial charge is 0.272 e. The first-order valence-electron chi connectivity index (χ1n) is 6.20. The van der Waals surface area contributed by atoms with Crippen LogP contribution in [0.25, 0.3) is 0 Å². The fraction of sp³-hybridized carbons (Fsp3) is 0.462. The molecule has 2 N–H and O–H groups in total. The molecule has 1 aromatic rings. The summed E-state index contributed by atoms with van der Waals surface area (Å²) in [5.74, 6) is -0.191. The first-order chi connectivity index (χ1) is 8.91. The van der Waals surface area contributed by atoms with E-state index < -0.39 is 4.92 Å². The van der Waals surface area contributed by atoms with Gasteiger partial charge in [0.05, 0.1) is 10.5 Å². The monoisotopic (exact) mass is 263 g/mol. The molecule has 0 bridgehead atoms. The van der Waals surface area contributed by atoms with Gasteiger partial charge in [-0.3, -0.25) is 14.9 Å². The Morgan fingerprint density at radius 3 is 2.79 bits per heavy atom. The molecule has 102 valence electrons. The minimum absolute atomic E-state index is 0.0327. The average Bonchev–Trinajstić information content (AvgIpc) is 2.75. The Labute approximate surface area is 111 Å². The summed E-state index contributed by atoms with van der Waals surface area (Å²) in [4.78, 5) is 22.4. The number of amides is 1. The van der Waals surface area contributed by atoms with E-state index in [1.807, 2.05) is 6.92 Å². The van der Waals surface area contributed by atoms with Crippen molar-refractivity contribution in [1.29, 1.82) is 0 Å². The highest BCUT2D eigenvalue weighted by Crippen LogP contribution is 2.20. The van der Waals surface area contributed by atoms with Crippen molar-refractivity contribution in [2.45, 2.75) is 25.8 Å². The predicted molar refractivity (Wildman–Crippen MR) is 71.2 cm³/mol. The Balaban J connectivity index is 2.16. The molecule has 1 aromatic carbocycles. The second kappa shape index (κ2) is 4.97. The van der Waals surface area contributed by atoms with Crippen LogP contribution in [0.5, 0.6) is 0 Å². The van der Waals surface area contributed by atoms with Crippen LogP contribution >= 0.6 is 0 Å². The third kappa shape index (κ3) is 2.90. The van der Waals surface area contributed by atoms with Gasteiger partial charge in [-0.25, -0.2) is 0 Å². The molecular weight excluding hydrogens is 246 g/mol. The molecule has 0 radical (unpaired) electrons. The van der Waals surface area contributed by atoms with E-state index in [9.17, 15) is 14.9 Å². The molecule has 1 atom stereocenters. The lowest BCUT2D eigenvalue weighted by atomic mass is 10.0. The number of hydrogen-bond acceptors (Lipinski definition) is 4. The quantitative estimate of drug-likeness (QED) is 0.637. The van der Waals surface area contributed by atoms with Crippen LogP contribution in [0, 0.1) is 17.0 Å². The van der Waals surface area contributed by atoms with Crippen LogP contribution in [-0.2, 0) is 0 Å². The lowest BCUT2D eigenvalue weighted by Crippen LogP contribution is -2.47. The summed E-state index contributed by atoms with van der Waals surface area (Å²) in [7, 11) is 0. The number of nitro benzene ring substituents is 1. The predicted octanol–water partition coefficient (Wildman–Crippen LogP) is 1.39. The van der Waals surface area contributed by atoms with Crippen molar-refractivity contribution < 1.29 is 9.72 Å². The molecule has 6 nitrogen and oxygen atoms in total. The van der Waals surface area contributed by atoms with Crippen molar-refractivity contribution in [1.82, 2.24) is 10.6 Å². The number of carbonyl (C=O) groups is 1. The Kier molecular flexibility index (Phi) is 3.53. The van der Waals surface area contributed by atoms with Gasteiger partial charge in [0.25, 0.3) is 11.6 Å². The van der Waals surface area contributed by atoms with Crippen molar-refractivity contribution in [3.8, 4) is 0 Å². The maximum absolute atomic E-state index is 12.1. The van der Waals surface area contributed by atoms with E-state index in [-0.39, 0.29) is 17.1 Å². The highest BCUT2D eigenvalue weighted by atomic mass is 16.6. The number of nitrogens with one attached hydrogen (secondary N) is 2. The first-order valence-corrected chi connectivity index (χ1v) is 6.20. The highest BCUT2D eigenvalue weighted by Gasteiger charge is 2.30. The highest BCUT2D eigenvalue weighted by molar-refractivity contribution is 5.95. The second-order valence-electron chi connectivity index (χ2n) is 5.20. The zero-order chi connectivity index (χ0) is 14.0. The number of aryl methyl sites for hydroxylation is 1. The molecule has 1 aliphatic heterocycles. The van der Waals surface area contributed by atoms with Crippen molar-refractivity contribution in [3.05, 3.63) is 39.4 Å². The summed E-state index contributed by atoms with van der Waals surface area (Å²) in [6.07, 6.45) is 0.880. The standard InChI is InChI=1S/C13H17N3O3/c1-9-7-10(3-4-11(9)16(18)19)12(17)15-13(2)5-6-14-8-13/h3-4,7,14H,5-6,8H2,1-2H3,(H,15,17). The van der Waals surface area contributed by atoms with E-state index in [1.54, 1.807) is 13.0 Å². The maximum Gasteiger partial charge on any atom is 0.272 e. The van der Waals surface area contributed by atoms with Crippen molar-refractivity contribution >= 4 is 11.6 Å². The SMILES string of the molecule is Cc1cc(C(=O)NC2(C)CCNC2)ccc1[N+](=O)[O-]. The van der Waals surface area contributed by atoms with Crippen LogP contribution in [0.4, 0.5) is 5.69 Å². The fourth-order valence-electron chi connectivity index (χ4n) is 2.27. The summed E-state index contributed by atoms with van der Waals surface area (Å²) in [5.41, 5.74) is 0.737. The van der Waals surface area contributed by atoms with E-state index in [0.717, 1.165) is 19.5 Å². The largest absolute Gasteiger partial charge is 0.346 e. The van der Waals surface area contributed by atoms with Gasteiger partial charge >= 0.3 is 0 Å². The lowest BCUT2D eigenvalue weighted by Gasteiger charge is -2.24. The normalized spacial score (nSPS) is 22.2. The molecule has 1 heterocycles. The Morgan fingerprint density at radius 2 is 2.26 bits per heavy atom. The molecule has 1 saturated heterocycles. The molecule has 19 heavy (non-hydrogen) atoms. The Hall–Kier alpha value is -1.95.